The summed E-state index contributed by atoms with van der Waals surface area (Å²) in [6.45, 7) is 6.32. The fourth-order valence-electron chi connectivity index (χ4n) is 2.91. The van der Waals surface area contributed by atoms with Gasteiger partial charge in [0.2, 0.25) is 0 Å². The first-order valence-corrected chi connectivity index (χ1v) is 9.35. The predicted octanol–water partition coefficient (Wildman–Crippen LogP) is 2.59. The van der Waals surface area contributed by atoms with Crippen molar-refractivity contribution in [3.8, 4) is 17.2 Å². The molecule has 1 amide bonds. The highest BCUT2D eigenvalue weighted by Crippen LogP contribution is 2.29. The van der Waals surface area contributed by atoms with E-state index in [9.17, 15) is 4.79 Å². The molecule has 27 heavy (non-hydrogen) atoms. The van der Waals surface area contributed by atoms with E-state index in [1.807, 2.05) is 42.2 Å². The molecule has 0 aromatic heterocycles. The van der Waals surface area contributed by atoms with E-state index in [1.54, 1.807) is 18.2 Å². The van der Waals surface area contributed by atoms with E-state index in [0.717, 1.165) is 31.9 Å². The summed E-state index contributed by atoms with van der Waals surface area (Å²) in [7, 11) is 0. The molecule has 1 fully saturated rings. The van der Waals surface area contributed by atoms with Crippen molar-refractivity contribution in [3.05, 3.63) is 54.1 Å². The van der Waals surface area contributed by atoms with Crippen LogP contribution in [0.25, 0.3) is 0 Å². The number of hydrogen-bond donors (Lipinski definition) is 1. The van der Waals surface area contributed by atoms with Crippen molar-refractivity contribution >= 4 is 5.91 Å². The molecule has 0 bridgehead atoms. The third-order valence-electron chi connectivity index (χ3n) is 4.25. The summed E-state index contributed by atoms with van der Waals surface area (Å²) in [5, 5.41) is 3.25. The van der Waals surface area contributed by atoms with Crippen molar-refractivity contribution in [1.82, 2.24) is 10.2 Å². The first-order valence-electron chi connectivity index (χ1n) is 9.35. The van der Waals surface area contributed by atoms with Crippen LogP contribution in [0, 0.1) is 0 Å². The molecule has 0 spiro atoms. The molecule has 1 aliphatic rings. The van der Waals surface area contributed by atoms with Gasteiger partial charge in [0.25, 0.3) is 5.91 Å². The number of benzene rings is 2. The molecule has 6 heteroatoms. The molecule has 1 saturated heterocycles. The summed E-state index contributed by atoms with van der Waals surface area (Å²) in [6.07, 6.45) is 0. The molecule has 144 valence electrons. The number of ether oxygens (including phenoxy) is 3. The quantitative estimate of drug-likeness (QED) is 0.724. The Morgan fingerprint density at radius 1 is 0.963 bits per heavy atom. The number of hydrogen-bond acceptors (Lipinski definition) is 5. The van der Waals surface area contributed by atoms with Gasteiger partial charge in [0.05, 0.1) is 6.61 Å². The first kappa shape index (κ1) is 19.0. The topological polar surface area (TPSA) is 60.0 Å². The molecule has 0 atom stereocenters. The SMILES string of the molecule is CCOc1cc(C(=O)N2CCNCC2)ccc1OCCOc1ccccc1. The number of nitrogens with zero attached hydrogens (tertiary/aromatic N) is 1. The third kappa shape index (κ3) is 5.37. The van der Waals surface area contributed by atoms with E-state index in [4.69, 9.17) is 14.2 Å². The number of carbonyl (C=O) groups excluding carboxylic acids is 1. The minimum atomic E-state index is 0.0245. The summed E-state index contributed by atoms with van der Waals surface area (Å²) >= 11 is 0. The third-order valence-corrected chi connectivity index (χ3v) is 4.25. The van der Waals surface area contributed by atoms with Crippen LogP contribution >= 0.6 is 0 Å². The lowest BCUT2D eigenvalue weighted by Crippen LogP contribution is -2.46. The van der Waals surface area contributed by atoms with Crippen molar-refractivity contribution in [1.29, 1.82) is 0 Å². The standard InChI is InChI=1S/C21H26N2O4/c1-2-25-20-16-17(21(24)23-12-10-22-11-13-23)8-9-19(20)27-15-14-26-18-6-4-3-5-7-18/h3-9,16,22H,2,10-15H2,1H3. The van der Waals surface area contributed by atoms with Gasteiger partial charge in [-0.1, -0.05) is 18.2 Å². The predicted molar refractivity (Wildman–Crippen MR) is 104 cm³/mol. The normalized spacial score (nSPS) is 13.9. The van der Waals surface area contributed by atoms with Gasteiger partial charge in [0.15, 0.2) is 11.5 Å². The second-order valence-corrected chi connectivity index (χ2v) is 6.15. The molecule has 1 N–H and O–H groups in total. The smallest absolute Gasteiger partial charge is 0.254 e. The Morgan fingerprint density at radius 2 is 1.70 bits per heavy atom. The zero-order valence-corrected chi connectivity index (χ0v) is 15.6. The van der Waals surface area contributed by atoms with Gasteiger partial charge in [-0.2, -0.15) is 0 Å². The maximum atomic E-state index is 12.7. The summed E-state index contributed by atoms with van der Waals surface area (Å²) in [6, 6.07) is 15.0. The van der Waals surface area contributed by atoms with E-state index < -0.39 is 0 Å². The van der Waals surface area contributed by atoms with E-state index >= 15 is 0 Å². The van der Waals surface area contributed by atoms with Crippen LogP contribution in [-0.2, 0) is 0 Å². The number of para-hydroxylation sites is 1. The average Bonchev–Trinajstić information content (AvgIpc) is 2.73. The Kier molecular flexibility index (Phi) is 6.93. The number of nitrogens with one attached hydrogen (secondary N) is 1. The molecule has 0 aliphatic carbocycles. The Bertz CT molecular complexity index is 730. The number of amides is 1. The Hall–Kier alpha value is -2.73. The van der Waals surface area contributed by atoms with Gasteiger partial charge < -0.3 is 24.4 Å². The van der Waals surface area contributed by atoms with Gasteiger partial charge >= 0.3 is 0 Å². The molecule has 3 rings (SSSR count). The lowest BCUT2D eigenvalue weighted by atomic mass is 10.1. The van der Waals surface area contributed by atoms with Crippen LogP contribution < -0.4 is 19.5 Å². The Labute approximate surface area is 160 Å². The lowest BCUT2D eigenvalue weighted by Gasteiger charge is -2.27. The molecule has 0 radical (unpaired) electrons. The van der Waals surface area contributed by atoms with Gasteiger partial charge in [-0.05, 0) is 37.3 Å². The Balaban J connectivity index is 1.60. The minimum Gasteiger partial charge on any atom is -0.490 e. The van der Waals surface area contributed by atoms with Gasteiger partial charge in [0.1, 0.15) is 19.0 Å². The van der Waals surface area contributed by atoms with Crippen LogP contribution in [0.15, 0.2) is 48.5 Å². The molecule has 1 aliphatic heterocycles. The van der Waals surface area contributed by atoms with E-state index in [1.165, 1.54) is 0 Å². The summed E-state index contributed by atoms with van der Waals surface area (Å²) < 4.78 is 17.1. The highest BCUT2D eigenvalue weighted by atomic mass is 16.5. The van der Waals surface area contributed by atoms with Crippen LogP contribution in [0.4, 0.5) is 0 Å². The van der Waals surface area contributed by atoms with Crippen molar-refractivity contribution in [2.24, 2.45) is 0 Å². The maximum Gasteiger partial charge on any atom is 0.254 e. The molecule has 0 saturated carbocycles. The summed E-state index contributed by atoms with van der Waals surface area (Å²) in [5.41, 5.74) is 0.619. The minimum absolute atomic E-state index is 0.0245. The van der Waals surface area contributed by atoms with Gasteiger partial charge in [-0.3, -0.25) is 4.79 Å². The molecule has 2 aromatic carbocycles. The fraction of sp³-hybridized carbons (Fsp3) is 0.381. The van der Waals surface area contributed by atoms with Crippen LogP contribution in [0.3, 0.4) is 0 Å². The molecule has 2 aromatic rings. The van der Waals surface area contributed by atoms with E-state index in [-0.39, 0.29) is 5.91 Å². The number of carbonyl (C=O) groups is 1. The molecular weight excluding hydrogens is 344 g/mol. The first-order chi connectivity index (χ1) is 13.3. The van der Waals surface area contributed by atoms with Gasteiger partial charge in [-0.15, -0.1) is 0 Å². The monoisotopic (exact) mass is 370 g/mol. The number of rotatable bonds is 8. The lowest BCUT2D eigenvalue weighted by molar-refractivity contribution is 0.0735. The maximum absolute atomic E-state index is 12.7. The van der Waals surface area contributed by atoms with Crippen LogP contribution in [0.1, 0.15) is 17.3 Å². The zero-order chi connectivity index (χ0) is 18.9. The van der Waals surface area contributed by atoms with Crippen molar-refractivity contribution in [2.75, 3.05) is 46.0 Å². The summed E-state index contributed by atoms with van der Waals surface area (Å²) in [4.78, 5) is 14.5. The largest absolute Gasteiger partial charge is 0.490 e. The van der Waals surface area contributed by atoms with Gasteiger partial charge in [0, 0.05) is 31.7 Å². The highest BCUT2D eigenvalue weighted by molar-refractivity contribution is 5.95. The molecule has 6 nitrogen and oxygen atoms in total. The second-order valence-electron chi connectivity index (χ2n) is 6.15. The molecular formula is C21H26N2O4. The van der Waals surface area contributed by atoms with Crippen molar-refractivity contribution in [2.45, 2.75) is 6.92 Å². The van der Waals surface area contributed by atoms with Crippen molar-refractivity contribution < 1.29 is 19.0 Å². The van der Waals surface area contributed by atoms with Crippen LogP contribution in [0.2, 0.25) is 0 Å². The Morgan fingerprint density at radius 3 is 2.44 bits per heavy atom. The summed E-state index contributed by atoms with van der Waals surface area (Å²) in [5.74, 6) is 2.03. The van der Waals surface area contributed by atoms with Crippen LogP contribution in [0.5, 0.6) is 17.2 Å². The van der Waals surface area contributed by atoms with Crippen molar-refractivity contribution in [3.63, 3.8) is 0 Å². The van der Waals surface area contributed by atoms with Gasteiger partial charge in [-0.25, -0.2) is 0 Å². The molecule has 0 unspecified atom stereocenters. The van der Waals surface area contributed by atoms with Crippen LogP contribution in [-0.4, -0.2) is 56.8 Å². The fourth-order valence-corrected chi connectivity index (χ4v) is 2.91. The average molecular weight is 370 g/mol. The van der Waals surface area contributed by atoms with E-state index in [0.29, 0.717) is 36.9 Å². The van der Waals surface area contributed by atoms with E-state index in [2.05, 4.69) is 5.32 Å². The highest BCUT2D eigenvalue weighted by Gasteiger charge is 2.19. The zero-order valence-electron chi connectivity index (χ0n) is 15.6. The molecule has 1 heterocycles. The second kappa shape index (κ2) is 9.83. The number of piperazine rings is 1.